The summed E-state index contributed by atoms with van der Waals surface area (Å²) in [5.74, 6) is 1.23. The number of rotatable bonds is 6. The first-order valence-electron chi connectivity index (χ1n) is 10.6. The van der Waals surface area contributed by atoms with E-state index in [1.807, 2.05) is 19.1 Å². The molecule has 0 saturated carbocycles. The zero-order valence-corrected chi connectivity index (χ0v) is 18.2. The minimum atomic E-state index is -1.06. The molecule has 2 aliphatic rings. The number of benzene rings is 1. The van der Waals surface area contributed by atoms with E-state index in [4.69, 9.17) is 10.00 Å². The number of imide groups is 1. The molecule has 166 valence electrons. The van der Waals surface area contributed by atoms with Gasteiger partial charge in [0.05, 0.1) is 25.4 Å². The molecular weight excluding hydrogens is 408 g/mol. The summed E-state index contributed by atoms with van der Waals surface area (Å²) in [6.07, 6.45) is 2.09. The van der Waals surface area contributed by atoms with Crippen LogP contribution in [0, 0.1) is 11.3 Å². The number of amides is 3. The van der Waals surface area contributed by atoms with Gasteiger partial charge in [-0.2, -0.15) is 5.26 Å². The Bertz CT molecular complexity index is 1040. The first-order chi connectivity index (χ1) is 15.5. The third-order valence-electron chi connectivity index (χ3n) is 6.20. The summed E-state index contributed by atoms with van der Waals surface area (Å²) in [4.78, 5) is 36.0. The van der Waals surface area contributed by atoms with E-state index in [9.17, 15) is 9.59 Å². The van der Waals surface area contributed by atoms with Crippen molar-refractivity contribution in [1.29, 1.82) is 5.26 Å². The normalized spacial score (nSPS) is 21.4. The first kappa shape index (κ1) is 21.6. The number of urea groups is 1. The third kappa shape index (κ3) is 3.85. The molecule has 0 spiro atoms. The van der Waals surface area contributed by atoms with Gasteiger partial charge in [0.25, 0.3) is 5.91 Å². The van der Waals surface area contributed by atoms with E-state index in [1.54, 1.807) is 37.6 Å². The number of carbonyl (C=O) groups is 2. The van der Waals surface area contributed by atoms with Gasteiger partial charge >= 0.3 is 6.03 Å². The Balaban J connectivity index is 1.43. The van der Waals surface area contributed by atoms with Gasteiger partial charge in [0.1, 0.15) is 17.1 Å². The van der Waals surface area contributed by atoms with Crippen molar-refractivity contribution in [1.82, 2.24) is 20.1 Å². The van der Waals surface area contributed by atoms with Crippen LogP contribution in [0.15, 0.2) is 42.6 Å². The van der Waals surface area contributed by atoms with Crippen LogP contribution in [0.2, 0.25) is 0 Å². The van der Waals surface area contributed by atoms with Crippen molar-refractivity contribution >= 4 is 17.8 Å². The molecule has 1 N–H and O–H groups in total. The number of hydrogen-bond donors (Lipinski definition) is 1. The lowest BCUT2D eigenvalue weighted by molar-refractivity contribution is -0.133. The van der Waals surface area contributed by atoms with Crippen molar-refractivity contribution < 1.29 is 14.3 Å². The zero-order valence-electron chi connectivity index (χ0n) is 18.2. The highest BCUT2D eigenvalue weighted by Crippen LogP contribution is 2.33. The number of pyridine rings is 1. The Morgan fingerprint density at radius 2 is 1.88 bits per heavy atom. The maximum atomic E-state index is 13.4. The van der Waals surface area contributed by atoms with Gasteiger partial charge in [-0.15, -0.1) is 0 Å². The van der Waals surface area contributed by atoms with E-state index in [-0.39, 0.29) is 18.6 Å². The molecule has 3 heterocycles. The number of piperazine rings is 1. The molecule has 2 aromatic rings. The predicted molar refractivity (Wildman–Crippen MR) is 118 cm³/mol. The fourth-order valence-electron chi connectivity index (χ4n) is 4.25. The second-order valence-electron chi connectivity index (χ2n) is 7.91. The molecule has 2 fully saturated rings. The number of hydrogen-bond acceptors (Lipinski definition) is 7. The van der Waals surface area contributed by atoms with E-state index >= 15 is 0 Å². The maximum Gasteiger partial charge on any atom is 0.326 e. The zero-order chi connectivity index (χ0) is 22.7. The van der Waals surface area contributed by atoms with Gasteiger partial charge in [0.15, 0.2) is 0 Å². The monoisotopic (exact) mass is 434 g/mol. The maximum absolute atomic E-state index is 13.4. The average Bonchev–Trinajstić information content (AvgIpc) is 3.09. The molecule has 2 aliphatic heterocycles. The largest absolute Gasteiger partial charge is 0.497 e. The summed E-state index contributed by atoms with van der Waals surface area (Å²) < 4.78 is 5.21. The quantitative estimate of drug-likeness (QED) is 0.693. The molecule has 1 unspecified atom stereocenters. The molecule has 3 amide bonds. The number of nitrogens with zero attached hydrogens (tertiary/aromatic N) is 5. The lowest BCUT2D eigenvalue weighted by atomic mass is 9.87. The van der Waals surface area contributed by atoms with Crippen LogP contribution < -0.4 is 15.0 Å². The second-order valence-corrected chi connectivity index (χ2v) is 7.91. The van der Waals surface area contributed by atoms with Gasteiger partial charge < -0.3 is 15.0 Å². The minimum Gasteiger partial charge on any atom is -0.497 e. The van der Waals surface area contributed by atoms with Crippen molar-refractivity contribution in [2.45, 2.75) is 18.9 Å². The number of methoxy groups -OCH3 is 1. The van der Waals surface area contributed by atoms with Crippen molar-refractivity contribution in [2.24, 2.45) is 0 Å². The number of nitrogens with one attached hydrogen (secondary N) is 1. The molecule has 0 aliphatic carbocycles. The van der Waals surface area contributed by atoms with E-state index in [2.05, 4.69) is 26.2 Å². The molecule has 1 atom stereocenters. The highest BCUT2D eigenvalue weighted by molar-refractivity contribution is 6.07. The molecule has 9 nitrogen and oxygen atoms in total. The lowest BCUT2D eigenvalue weighted by Crippen LogP contribution is -2.52. The number of carbonyl (C=O) groups excluding carboxylic acids is 2. The van der Waals surface area contributed by atoms with Crippen molar-refractivity contribution in [2.75, 3.05) is 44.9 Å². The minimum absolute atomic E-state index is 0.235. The average molecular weight is 435 g/mol. The Labute approximate surface area is 187 Å². The molecule has 0 bridgehead atoms. The summed E-state index contributed by atoms with van der Waals surface area (Å²) in [5, 5.41) is 12.0. The van der Waals surface area contributed by atoms with E-state index in [0.29, 0.717) is 43.9 Å². The van der Waals surface area contributed by atoms with Crippen molar-refractivity contribution in [3.05, 3.63) is 53.7 Å². The molecule has 9 heteroatoms. The van der Waals surface area contributed by atoms with Gasteiger partial charge in [-0.1, -0.05) is 19.1 Å². The van der Waals surface area contributed by atoms with Gasteiger partial charge in [-0.05, 0) is 36.2 Å². The van der Waals surface area contributed by atoms with Crippen molar-refractivity contribution in [3.63, 3.8) is 0 Å². The lowest BCUT2D eigenvalue weighted by Gasteiger charge is -2.36. The van der Waals surface area contributed by atoms with Gasteiger partial charge in [0, 0.05) is 32.4 Å². The molecule has 32 heavy (non-hydrogen) atoms. The molecular formula is C23H26N6O3. The number of ether oxygens (including phenoxy) is 1. The summed E-state index contributed by atoms with van der Waals surface area (Å²) in [6, 6.07) is 12.5. The second kappa shape index (κ2) is 8.85. The van der Waals surface area contributed by atoms with Gasteiger partial charge in [-0.25, -0.2) is 14.7 Å². The SMILES string of the molecule is CCC1(c2ccc(OC)cc2)NC(=O)N(CN2CCN(c3cc(C#N)ccn3)CC2)C1=O. The van der Waals surface area contributed by atoms with Crippen LogP contribution in [-0.4, -0.2) is 66.7 Å². The standard InChI is InChI=1S/C23H26N6O3/c1-3-23(18-4-6-19(32-2)7-5-18)21(30)29(22(31)26-23)16-27-10-12-28(13-11-27)20-14-17(15-24)8-9-25-20/h4-9,14H,3,10-13,16H2,1-2H3,(H,26,31). The molecule has 2 saturated heterocycles. The fourth-order valence-corrected chi connectivity index (χ4v) is 4.25. The summed E-state index contributed by atoms with van der Waals surface area (Å²) in [7, 11) is 1.59. The van der Waals surface area contributed by atoms with Crippen LogP contribution in [-0.2, 0) is 10.3 Å². The Morgan fingerprint density at radius 3 is 2.50 bits per heavy atom. The van der Waals surface area contributed by atoms with Crippen LogP contribution in [0.1, 0.15) is 24.5 Å². The molecule has 1 aromatic carbocycles. The van der Waals surface area contributed by atoms with Gasteiger partial charge in [-0.3, -0.25) is 9.69 Å². The molecule has 0 radical (unpaired) electrons. The highest BCUT2D eigenvalue weighted by atomic mass is 16.5. The fraction of sp³-hybridized carbons (Fsp3) is 0.391. The summed E-state index contributed by atoms with van der Waals surface area (Å²) >= 11 is 0. The van der Waals surface area contributed by atoms with E-state index < -0.39 is 5.54 Å². The van der Waals surface area contributed by atoms with Crippen molar-refractivity contribution in [3.8, 4) is 11.8 Å². The van der Waals surface area contributed by atoms with Crippen LogP contribution in [0.3, 0.4) is 0 Å². The number of aromatic nitrogens is 1. The third-order valence-corrected chi connectivity index (χ3v) is 6.20. The highest BCUT2D eigenvalue weighted by Gasteiger charge is 2.51. The topological polar surface area (TPSA) is 102 Å². The molecule has 4 rings (SSSR count). The summed E-state index contributed by atoms with van der Waals surface area (Å²) in [6.45, 7) is 4.88. The Hall–Kier alpha value is -3.64. The van der Waals surface area contributed by atoms with E-state index in [1.165, 1.54) is 4.90 Å². The summed E-state index contributed by atoms with van der Waals surface area (Å²) in [5.41, 5.74) is 0.258. The van der Waals surface area contributed by atoms with Crippen LogP contribution in [0.4, 0.5) is 10.6 Å². The molecule has 1 aromatic heterocycles. The van der Waals surface area contributed by atoms with Crippen LogP contribution in [0.25, 0.3) is 0 Å². The van der Waals surface area contributed by atoms with Crippen LogP contribution >= 0.6 is 0 Å². The number of nitriles is 1. The Morgan fingerprint density at radius 1 is 1.16 bits per heavy atom. The smallest absolute Gasteiger partial charge is 0.326 e. The van der Waals surface area contributed by atoms with Crippen LogP contribution in [0.5, 0.6) is 5.75 Å². The predicted octanol–water partition coefficient (Wildman–Crippen LogP) is 1.90. The number of anilines is 1. The van der Waals surface area contributed by atoms with E-state index in [0.717, 1.165) is 11.4 Å². The van der Waals surface area contributed by atoms with Gasteiger partial charge in [0.2, 0.25) is 0 Å². The Kier molecular flexibility index (Phi) is 5.97. The first-order valence-corrected chi connectivity index (χ1v) is 10.6.